The molecule has 0 radical (unpaired) electrons. The van der Waals surface area contributed by atoms with Crippen LogP contribution in [0.2, 0.25) is 0 Å². The highest BCUT2D eigenvalue weighted by Crippen LogP contribution is 2.55. The summed E-state index contributed by atoms with van der Waals surface area (Å²) in [5.41, 5.74) is 5.55. The van der Waals surface area contributed by atoms with E-state index >= 15 is 0 Å². The largest absolute Gasteiger partial charge is 0.488 e. The zero-order valence-electron chi connectivity index (χ0n) is 22.8. The molecular weight excluding hydrogens is 538 g/mol. The number of halogens is 1. The number of nitrogens with zero attached hydrogens (tertiary/aromatic N) is 1. The molecular formula is C33H36BrNO3. The average Bonchev–Trinajstić information content (AvgIpc) is 2.83. The second-order valence-electron chi connectivity index (χ2n) is 12.4. The molecule has 5 heteroatoms. The molecule has 0 unspecified atom stereocenters. The second-order valence-corrected chi connectivity index (χ2v) is 13.3. The highest BCUT2D eigenvalue weighted by Gasteiger charge is 2.49. The minimum Gasteiger partial charge on any atom is -0.488 e. The Morgan fingerprint density at radius 1 is 0.921 bits per heavy atom. The first-order valence-electron chi connectivity index (χ1n) is 13.4. The van der Waals surface area contributed by atoms with Gasteiger partial charge in [0.2, 0.25) is 0 Å². The van der Waals surface area contributed by atoms with E-state index in [1.54, 1.807) is 6.08 Å². The Labute approximate surface area is 234 Å². The molecule has 0 aromatic heterocycles. The van der Waals surface area contributed by atoms with Gasteiger partial charge in [-0.2, -0.15) is 0 Å². The fraction of sp³-hybridized carbons (Fsp3) is 0.394. The number of ketones is 2. The molecule has 2 aromatic rings. The number of carbonyl (C=O) groups excluding carboxylic acids is 2. The normalized spacial score (nSPS) is 20.8. The van der Waals surface area contributed by atoms with Crippen molar-refractivity contribution in [1.82, 2.24) is 4.90 Å². The zero-order valence-corrected chi connectivity index (χ0v) is 24.4. The molecule has 3 aliphatic rings. The number of ether oxygens (including phenoxy) is 1. The van der Waals surface area contributed by atoms with Gasteiger partial charge in [0, 0.05) is 47.8 Å². The van der Waals surface area contributed by atoms with Crippen LogP contribution in [0.5, 0.6) is 5.75 Å². The Morgan fingerprint density at radius 3 is 2.03 bits per heavy atom. The van der Waals surface area contributed by atoms with E-state index in [-0.39, 0.29) is 28.3 Å². The van der Waals surface area contributed by atoms with E-state index in [1.165, 1.54) is 5.56 Å². The number of benzene rings is 2. The Balaban J connectivity index is 1.72. The van der Waals surface area contributed by atoms with Crippen molar-refractivity contribution in [3.8, 4) is 5.75 Å². The Hall–Kier alpha value is -2.92. The summed E-state index contributed by atoms with van der Waals surface area (Å²) in [5, 5.41) is 0. The summed E-state index contributed by atoms with van der Waals surface area (Å²) in [6.45, 7) is 13.5. The molecule has 198 valence electrons. The molecule has 0 N–H and O–H groups in total. The maximum absolute atomic E-state index is 14.0. The quantitative estimate of drug-likeness (QED) is 0.329. The van der Waals surface area contributed by atoms with Gasteiger partial charge in [0.25, 0.3) is 0 Å². The monoisotopic (exact) mass is 573 g/mol. The van der Waals surface area contributed by atoms with Gasteiger partial charge < -0.3 is 9.64 Å². The molecule has 0 atom stereocenters. The SMILES string of the molecule is C=CCOc1ccc(C2C3=C(CC(C)(C)CC3=O)N(Cc3ccccc3)C3=C2C(=O)CC(C)(C)C3)cc1Br. The Bertz CT molecular complexity index is 1310. The van der Waals surface area contributed by atoms with Crippen LogP contribution in [0.25, 0.3) is 0 Å². The van der Waals surface area contributed by atoms with Gasteiger partial charge in [0.15, 0.2) is 11.6 Å². The van der Waals surface area contributed by atoms with E-state index < -0.39 is 0 Å². The van der Waals surface area contributed by atoms with E-state index in [0.29, 0.717) is 31.7 Å². The van der Waals surface area contributed by atoms with Gasteiger partial charge >= 0.3 is 0 Å². The summed E-state index contributed by atoms with van der Waals surface area (Å²) in [7, 11) is 0. The standard InChI is InChI=1S/C33H36BrNO3/c1-6-14-38-28-13-12-22(15-23(28)34)29-30-24(16-32(2,3)18-26(30)36)35(20-21-10-8-7-9-11-21)25-17-33(4,5)19-27(37)31(25)29/h6-13,15,29H,1,14,16-20H2,2-5H3. The van der Waals surface area contributed by atoms with Crippen molar-refractivity contribution in [2.75, 3.05) is 6.61 Å². The van der Waals surface area contributed by atoms with E-state index in [4.69, 9.17) is 4.74 Å². The van der Waals surface area contributed by atoms with Crippen LogP contribution in [0.4, 0.5) is 0 Å². The van der Waals surface area contributed by atoms with Gasteiger partial charge in [-0.1, -0.05) is 76.7 Å². The molecule has 5 rings (SSSR count). The van der Waals surface area contributed by atoms with Crippen molar-refractivity contribution in [3.05, 3.63) is 99.3 Å². The molecule has 1 heterocycles. The second kappa shape index (κ2) is 10.00. The zero-order chi connectivity index (χ0) is 27.2. The van der Waals surface area contributed by atoms with Crippen LogP contribution < -0.4 is 4.74 Å². The lowest BCUT2D eigenvalue weighted by Gasteiger charge is -2.49. The van der Waals surface area contributed by atoms with E-state index in [0.717, 1.165) is 45.4 Å². The first-order valence-corrected chi connectivity index (χ1v) is 14.2. The third kappa shape index (κ3) is 5.05. The van der Waals surface area contributed by atoms with Crippen LogP contribution in [0.15, 0.2) is 88.2 Å². The highest BCUT2D eigenvalue weighted by molar-refractivity contribution is 9.10. The van der Waals surface area contributed by atoms with Crippen LogP contribution >= 0.6 is 15.9 Å². The summed E-state index contributed by atoms with van der Waals surface area (Å²) < 4.78 is 6.60. The van der Waals surface area contributed by atoms with Crippen LogP contribution in [-0.4, -0.2) is 23.1 Å². The van der Waals surface area contributed by atoms with Crippen molar-refractivity contribution < 1.29 is 14.3 Å². The molecule has 1 aliphatic heterocycles. The van der Waals surface area contributed by atoms with Gasteiger partial charge in [0.1, 0.15) is 12.4 Å². The van der Waals surface area contributed by atoms with Gasteiger partial charge in [-0.05, 0) is 62.9 Å². The fourth-order valence-electron chi connectivity index (χ4n) is 6.30. The highest BCUT2D eigenvalue weighted by atomic mass is 79.9. The molecule has 38 heavy (non-hydrogen) atoms. The van der Waals surface area contributed by atoms with Crippen molar-refractivity contribution in [2.45, 2.75) is 65.8 Å². The first-order chi connectivity index (χ1) is 18.0. The minimum atomic E-state index is -0.371. The molecule has 0 fully saturated rings. The molecule has 2 aliphatic carbocycles. The topological polar surface area (TPSA) is 46.6 Å². The lowest BCUT2D eigenvalue weighted by atomic mass is 9.63. The van der Waals surface area contributed by atoms with E-state index in [2.05, 4.69) is 67.2 Å². The first kappa shape index (κ1) is 26.7. The summed E-state index contributed by atoms with van der Waals surface area (Å²) in [6.07, 6.45) is 4.26. The number of allylic oxidation sites excluding steroid dienone is 4. The van der Waals surface area contributed by atoms with Crippen molar-refractivity contribution in [3.63, 3.8) is 0 Å². The lowest BCUT2D eigenvalue weighted by molar-refractivity contribution is -0.119. The fourth-order valence-corrected chi connectivity index (χ4v) is 6.81. The van der Waals surface area contributed by atoms with Crippen molar-refractivity contribution >= 4 is 27.5 Å². The Kier molecular flexibility index (Phi) is 7.02. The number of hydrogen-bond acceptors (Lipinski definition) is 4. The van der Waals surface area contributed by atoms with Crippen molar-refractivity contribution in [1.29, 1.82) is 0 Å². The van der Waals surface area contributed by atoms with Gasteiger partial charge in [-0.3, -0.25) is 9.59 Å². The van der Waals surface area contributed by atoms with Gasteiger partial charge in [0.05, 0.1) is 4.47 Å². The average molecular weight is 575 g/mol. The summed E-state index contributed by atoms with van der Waals surface area (Å²) in [5.74, 6) is 0.632. The molecule has 0 amide bonds. The lowest BCUT2D eigenvalue weighted by Crippen LogP contribution is -2.44. The summed E-state index contributed by atoms with van der Waals surface area (Å²) in [6, 6.07) is 16.3. The number of hydrogen-bond donors (Lipinski definition) is 0. The predicted molar refractivity (Wildman–Crippen MR) is 155 cm³/mol. The van der Waals surface area contributed by atoms with Gasteiger partial charge in [-0.25, -0.2) is 0 Å². The maximum Gasteiger partial charge on any atom is 0.162 e. The van der Waals surface area contributed by atoms with Crippen LogP contribution in [0.1, 0.15) is 70.4 Å². The number of Topliss-reactive ketones (excluding diaryl/α,β-unsaturated/α-hetero) is 2. The van der Waals surface area contributed by atoms with Crippen LogP contribution in [0, 0.1) is 10.8 Å². The van der Waals surface area contributed by atoms with E-state index in [1.807, 2.05) is 36.4 Å². The predicted octanol–water partition coefficient (Wildman–Crippen LogP) is 7.90. The molecule has 0 saturated heterocycles. The number of rotatable bonds is 6. The smallest absolute Gasteiger partial charge is 0.162 e. The third-order valence-electron chi connectivity index (χ3n) is 7.85. The van der Waals surface area contributed by atoms with Crippen molar-refractivity contribution in [2.24, 2.45) is 10.8 Å². The molecule has 0 spiro atoms. The molecule has 4 nitrogen and oxygen atoms in total. The molecule has 0 bridgehead atoms. The van der Waals surface area contributed by atoms with Crippen LogP contribution in [-0.2, 0) is 16.1 Å². The number of carbonyl (C=O) groups is 2. The summed E-state index contributed by atoms with van der Waals surface area (Å²) in [4.78, 5) is 30.2. The molecule has 2 aromatic carbocycles. The summed E-state index contributed by atoms with van der Waals surface area (Å²) >= 11 is 3.67. The van der Waals surface area contributed by atoms with Crippen LogP contribution in [0.3, 0.4) is 0 Å². The van der Waals surface area contributed by atoms with E-state index in [9.17, 15) is 9.59 Å². The maximum atomic E-state index is 14.0. The van der Waals surface area contributed by atoms with Gasteiger partial charge in [-0.15, -0.1) is 0 Å². The third-order valence-corrected chi connectivity index (χ3v) is 8.47. The minimum absolute atomic E-state index is 0.145. The Morgan fingerprint density at radius 2 is 1.50 bits per heavy atom. The molecule has 0 saturated carbocycles.